The van der Waals surface area contributed by atoms with Gasteiger partial charge in [-0.05, 0) is 28.0 Å². The van der Waals surface area contributed by atoms with Gasteiger partial charge in [-0.25, -0.2) is 5.48 Å². The summed E-state index contributed by atoms with van der Waals surface area (Å²) in [6, 6.07) is 22.4. The lowest BCUT2D eigenvalue weighted by Crippen LogP contribution is -2.31. The SMILES string of the molecule is O=C(NOC1Cc2ccccc2C1)c1c(-c2ccc3ccccc3c2)nc2occn12. The molecule has 0 atom stereocenters. The number of carbonyl (C=O) groups excluding carboxylic acids is 1. The number of imidazole rings is 1. The molecule has 0 spiro atoms. The molecule has 6 heteroatoms. The van der Waals surface area contributed by atoms with Gasteiger partial charge in [-0.3, -0.25) is 14.0 Å². The first kappa shape index (κ1) is 17.9. The zero-order valence-corrected chi connectivity index (χ0v) is 16.6. The summed E-state index contributed by atoms with van der Waals surface area (Å²) in [6.07, 6.45) is 4.67. The Kier molecular flexibility index (Phi) is 4.11. The molecule has 152 valence electrons. The number of benzene rings is 3. The third kappa shape index (κ3) is 3.08. The molecule has 6 rings (SSSR count). The Balaban J connectivity index is 1.30. The Hall–Kier alpha value is -3.90. The summed E-state index contributed by atoms with van der Waals surface area (Å²) in [4.78, 5) is 23.5. The van der Waals surface area contributed by atoms with Crippen LogP contribution in [0.15, 0.2) is 83.6 Å². The molecule has 0 saturated heterocycles. The van der Waals surface area contributed by atoms with Gasteiger partial charge in [0.2, 0.25) is 0 Å². The number of nitrogens with zero attached hydrogens (tertiary/aromatic N) is 2. The Bertz CT molecular complexity index is 1410. The van der Waals surface area contributed by atoms with E-state index in [1.165, 1.54) is 17.4 Å². The molecule has 5 aromatic rings. The highest BCUT2D eigenvalue weighted by molar-refractivity contribution is 6.00. The zero-order chi connectivity index (χ0) is 20.8. The van der Waals surface area contributed by atoms with Crippen molar-refractivity contribution in [1.29, 1.82) is 0 Å². The van der Waals surface area contributed by atoms with E-state index in [0.717, 1.165) is 29.2 Å². The minimum Gasteiger partial charge on any atom is -0.432 e. The van der Waals surface area contributed by atoms with Crippen LogP contribution < -0.4 is 5.48 Å². The molecule has 0 bridgehead atoms. The fraction of sp³-hybridized carbons (Fsp3) is 0.120. The summed E-state index contributed by atoms with van der Waals surface area (Å²) in [7, 11) is 0. The molecular weight excluding hydrogens is 390 g/mol. The van der Waals surface area contributed by atoms with Crippen molar-refractivity contribution in [3.8, 4) is 11.3 Å². The average molecular weight is 409 g/mol. The third-order valence-electron chi connectivity index (χ3n) is 5.83. The van der Waals surface area contributed by atoms with Gasteiger partial charge >= 0.3 is 5.84 Å². The van der Waals surface area contributed by atoms with Crippen molar-refractivity contribution < 1.29 is 14.0 Å². The van der Waals surface area contributed by atoms with E-state index in [0.29, 0.717) is 17.2 Å². The fourth-order valence-corrected chi connectivity index (χ4v) is 4.33. The molecule has 0 radical (unpaired) electrons. The number of rotatable bonds is 4. The van der Waals surface area contributed by atoms with Crippen LogP contribution in [0.25, 0.3) is 27.9 Å². The molecule has 3 aromatic carbocycles. The summed E-state index contributed by atoms with van der Waals surface area (Å²) >= 11 is 0. The summed E-state index contributed by atoms with van der Waals surface area (Å²) in [5.41, 5.74) is 6.96. The molecule has 1 aliphatic rings. The lowest BCUT2D eigenvalue weighted by atomic mass is 10.0. The molecule has 0 fully saturated rings. The van der Waals surface area contributed by atoms with Crippen LogP contribution in [-0.4, -0.2) is 21.4 Å². The van der Waals surface area contributed by atoms with Gasteiger partial charge < -0.3 is 4.42 Å². The predicted molar refractivity (Wildman–Crippen MR) is 117 cm³/mol. The molecule has 1 aliphatic carbocycles. The maximum absolute atomic E-state index is 13.2. The Morgan fingerprint density at radius 2 is 1.74 bits per heavy atom. The molecule has 0 unspecified atom stereocenters. The van der Waals surface area contributed by atoms with Crippen LogP contribution in [0, 0.1) is 0 Å². The van der Waals surface area contributed by atoms with Gasteiger partial charge in [0.15, 0.2) is 0 Å². The normalized spacial score (nSPS) is 13.7. The van der Waals surface area contributed by atoms with Gasteiger partial charge in [-0.15, -0.1) is 0 Å². The van der Waals surface area contributed by atoms with E-state index < -0.39 is 0 Å². The largest absolute Gasteiger partial charge is 0.432 e. The first-order chi connectivity index (χ1) is 15.3. The van der Waals surface area contributed by atoms with Crippen LogP contribution in [0.1, 0.15) is 21.6 Å². The van der Waals surface area contributed by atoms with Gasteiger partial charge in [-0.1, -0.05) is 60.7 Å². The fourth-order valence-electron chi connectivity index (χ4n) is 4.33. The maximum Gasteiger partial charge on any atom is 0.306 e. The van der Waals surface area contributed by atoms with Gasteiger partial charge in [0.1, 0.15) is 17.7 Å². The van der Waals surface area contributed by atoms with Crippen LogP contribution in [0.4, 0.5) is 0 Å². The van der Waals surface area contributed by atoms with Crippen LogP contribution in [0.3, 0.4) is 0 Å². The van der Waals surface area contributed by atoms with E-state index in [9.17, 15) is 4.79 Å². The second-order valence-electron chi connectivity index (χ2n) is 7.77. The van der Waals surface area contributed by atoms with E-state index in [2.05, 4.69) is 28.7 Å². The van der Waals surface area contributed by atoms with E-state index in [1.54, 1.807) is 10.6 Å². The second-order valence-corrected chi connectivity index (χ2v) is 7.77. The summed E-state index contributed by atoms with van der Waals surface area (Å²) in [5.74, 6) is 0.00888. The Labute approximate surface area is 178 Å². The zero-order valence-electron chi connectivity index (χ0n) is 16.6. The van der Waals surface area contributed by atoms with Crippen molar-refractivity contribution in [3.05, 3.63) is 96.0 Å². The highest BCUT2D eigenvalue weighted by Crippen LogP contribution is 2.28. The average Bonchev–Trinajstić information content (AvgIpc) is 3.50. The number of hydroxylamine groups is 1. The highest BCUT2D eigenvalue weighted by atomic mass is 16.7. The number of hydrogen-bond acceptors (Lipinski definition) is 4. The lowest BCUT2D eigenvalue weighted by Gasteiger charge is -2.12. The minimum atomic E-state index is -0.354. The number of amides is 1. The highest BCUT2D eigenvalue weighted by Gasteiger charge is 2.26. The monoisotopic (exact) mass is 409 g/mol. The van der Waals surface area contributed by atoms with Crippen molar-refractivity contribution in [1.82, 2.24) is 14.9 Å². The molecule has 2 aromatic heterocycles. The van der Waals surface area contributed by atoms with Crippen LogP contribution >= 0.6 is 0 Å². The molecule has 1 amide bonds. The molecule has 0 saturated carbocycles. The number of oxazole rings is 1. The molecule has 1 N–H and O–H groups in total. The second kappa shape index (κ2) is 7.11. The maximum atomic E-state index is 13.2. The number of nitrogens with one attached hydrogen (secondary N) is 1. The number of aromatic nitrogens is 2. The van der Waals surface area contributed by atoms with Gasteiger partial charge in [0, 0.05) is 24.6 Å². The third-order valence-corrected chi connectivity index (χ3v) is 5.83. The van der Waals surface area contributed by atoms with Crippen molar-refractivity contribution in [2.24, 2.45) is 0 Å². The topological polar surface area (TPSA) is 68.8 Å². The Morgan fingerprint density at radius 3 is 2.55 bits per heavy atom. The van der Waals surface area contributed by atoms with Gasteiger partial charge in [0.25, 0.3) is 5.91 Å². The van der Waals surface area contributed by atoms with E-state index in [4.69, 9.17) is 9.25 Å². The van der Waals surface area contributed by atoms with Gasteiger partial charge in [0.05, 0.1) is 6.10 Å². The predicted octanol–water partition coefficient (Wildman–Crippen LogP) is 4.58. The first-order valence-corrected chi connectivity index (χ1v) is 10.2. The van der Waals surface area contributed by atoms with Crippen molar-refractivity contribution in [3.63, 3.8) is 0 Å². The van der Waals surface area contributed by atoms with Crippen LogP contribution in [-0.2, 0) is 17.7 Å². The summed E-state index contributed by atoms with van der Waals surface area (Å²) in [5, 5.41) is 2.21. The molecule has 0 aliphatic heterocycles. The number of carbonyl (C=O) groups is 1. The van der Waals surface area contributed by atoms with Crippen molar-refractivity contribution in [2.45, 2.75) is 18.9 Å². The number of hydrogen-bond donors (Lipinski definition) is 1. The van der Waals surface area contributed by atoms with E-state index >= 15 is 0 Å². The first-order valence-electron chi connectivity index (χ1n) is 10.2. The minimum absolute atomic E-state index is 0.0850. The molecular formula is C25H19N3O3. The molecule has 6 nitrogen and oxygen atoms in total. The Morgan fingerprint density at radius 1 is 1.00 bits per heavy atom. The van der Waals surface area contributed by atoms with Gasteiger partial charge in [-0.2, -0.15) is 4.98 Å². The van der Waals surface area contributed by atoms with E-state index in [-0.39, 0.29) is 12.0 Å². The number of fused-ring (bicyclic) bond motifs is 3. The molecule has 31 heavy (non-hydrogen) atoms. The summed E-state index contributed by atoms with van der Waals surface area (Å²) in [6.45, 7) is 0. The summed E-state index contributed by atoms with van der Waals surface area (Å²) < 4.78 is 7.10. The van der Waals surface area contributed by atoms with Crippen molar-refractivity contribution in [2.75, 3.05) is 0 Å². The lowest BCUT2D eigenvalue weighted by molar-refractivity contribution is -0.0113. The van der Waals surface area contributed by atoms with Crippen LogP contribution in [0.2, 0.25) is 0 Å². The standard InChI is InChI=1S/C25H19N3O3/c29-24(27-31-21-14-18-7-3-4-8-19(18)15-21)23-22(26-25-28(23)11-12-30-25)20-10-9-16-5-1-2-6-17(16)13-20/h1-13,21H,14-15H2,(H,27,29). The van der Waals surface area contributed by atoms with E-state index in [1.807, 2.05) is 48.5 Å². The quantitative estimate of drug-likeness (QED) is 0.441. The van der Waals surface area contributed by atoms with Crippen molar-refractivity contribution >= 4 is 22.5 Å². The van der Waals surface area contributed by atoms with Crippen LogP contribution in [0.5, 0.6) is 0 Å². The molecule has 2 heterocycles. The smallest absolute Gasteiger partial charge is 0.306 e.